The van der Waals surface area contributed by atoms with E-state index in [0.717, 1.165) is 0 Å². The number of hydrogen-bond acceptors (Lipinski definition) is 3. The zero-order valence-electron chi connectivity index (χ0n) is 10.5. The van der Waals surface area contributed by atoms with Crippen molar-refractivity contribution in [3.63, 3.8) is 0 Å². The van der Waals surface area contributed by atoms with Crippen molar-refractivity contribution in [2.75, 3.05) is 12.4 Å². The second kappa shape index (κ2) is 6.15. The predicted molar refractivity (Wildman–Crippen MR) is 81.8 cm³/mol. The Morgan fingerprint density at radius 2 is 2.05 bits per heavy atom. The van der Waals surface area contributed by atoms with Crippen LogP contribution in [0, 0.1) is 0 Å². The highest BCUT2D eigenvalue weighted by Crippen LogP contribution is 2.28. The lowest BCUT2D eigenvalue weighted by molar-refractivity contribution is 0.102. The Labute approximate surface area is 129 Å². The summed E-state index contributed by atoms with van der Waals surface area (Å²) in [6, 6.07) is 9.52. The van der Waals surface area contributed by atoms with Crippen molar-refractivity contribution >= 4 is 39.1 Å². The molecule has 0 aliphatic carbocycles. The fraction of sp³-hybridized carbons (Fsp3) is 0.0714. The van der Waals surface area contributed by atoms with E-state index < -0.39 is 0 Å². The van der Waals surface area contributed by atoms with Gasteiger partial charge in [-0.05, 0) is 52.3 Å². The molecular weight excluding hydrogens is 346 g/mol. The van der Waals surface area contributed by atoms with Gasteiger partial charge in [0.15, 0.2) is 0 Å². The Morgan fingerprint density at radius 3 is 2.65 bits per heavy atom. The van der Waals surface area contributed by atoms with Crippen LogP contribution in [0.5, 0.6) is 11.5 Å². The Hall–Kier alpha value is -1.72. The maximum Gasteiger partial charge on any atom is 0.255 e. The number of amides is 1. The molecule has 0 bridgehead atoms. The van der Waals surface area contributed by atoms with Crippen LogP contribution < -0.4 is 10.1 Å². The molecule has 2 aromatic carbocycles. The highest BCUT2D eigenvalue weighted by Gasteiger charge is 2.10. The summed E-state index contributed by atoms with van der Waals surface area (Å²) < 4.78 is 5.56. The molecule has 0 heterocycles. The minimum Gasteiger partial charge on any atom is -0.507 e. The molecule has 104 valence electrons. The Bertz CT molecular complexity index is 661. The third-order valence-electron chi connectivity index (χ3n) is 2.62. The van der Waals surface area contributed by atoms with E-state index in [2.05, 4.69) is 21.2 Å². The first-order valence-electron chi connectivity index (χ1n) is 5.64. The van der Waals surface area contributed by atoms with Crippen molar-refractivity contribution in [2.24, 2.45) is 0 Å². The summed E-state index contributed by atoms with van der Waals surface area (Å²) in [6.45, 7) is 0. The maximum absolute atomic E-state index is 12.0. The van der Waals surface area contributed by atoms with Crippen molar-refractivity contribution in [3.05, 3.63) is 51.5 Å². The van der Waals surface area contributed by atoms with Gasteiger partial charge in [-0.25, -0.2) is 0 Å². The average Bonchev–Trinajstić information content (AvgIpc) is 2.42. The summed E-state index contributed by atoms with van der Waals surface area (Å²) in [5.74, 6) is 0.199. The van der Waals surface area contributed by atoms with Gasteiger partial charge in [0.05, 0.1) is 16.6 Å². The van der Waals surface area contributed by atoms with Crippen LogP contribution in [0.15, 0.2) is 40.9 Å². The lowest BCUT2D eigenvalue weighted by atomic mass is 10.2. The van der Waals surface area contributed by atoms with Gasteiger partial charge in [0.2, 0.25) is 0 Å². The van der Waals surface area contributed by atoms with Gasteiger partial charge < -0.3 is 15.2 Å². The topological polar surface area (TPSA) is 58.6 Å². The van der Waals surface area contributed by atoms with E-state index in [1.165, 1.54) is 13.2 Å². The Morgan fingerprint density at radius 1 is 1.30 bits per heavy atom. The van der Waals surface area contributed by atoms with Crippen molar-refractivity contribution in [1.82, 2.24) is 0 Å². The van der Waals surface area contributed by atoms with Gasteiger partial charge in [-0.1, -0.05) is 11.6 Å². The van der Waals surface area contributed by atoms with Crippen LogP contribution in [-0.2, 0) is 0 Å². The number of rotatable bonds is 3. The molecule has 0 unspecified atom stereocenters. The molecule has 20 heavy (non-hydrogen) atoms. The van der Waals surface area contributed by atoms with Crippen LogP contribution in [0.25, 0.3) is 0 Å². The molecular formula is C14H11BrClNO3. The van der Waals surface area contributed by atoms with Crippen molar-refractivity contribution in [1.29, 1.82) is 0 Å². The summed E-state index contributed by atoms with van der Waals surface area (Å²) in [6.07, 6.45) is 0. The van der Waals surface area contributed by atoms with Crippen molar-refractivity contribution in [2.45, 2.75) is 0 Å². The third-order valence-corrected chi connectivity index (χ3v) is 3.58. The van der Waals surface area contributed by atoms with Gasteiger partial charge in [-0.2, -0.15) is 0 Å². The molecule has 0 aromatic heterocycles. The third kappa shape index (κ3) is 3.23. The standard InChI is InChI=1S/C14H11BrClNO3/c1-20-13-5-3-9(7-11(13)16)17-14(19)8-2-4-10(15)12(18)6-8/h2-7,18H,1H3,(H,17,19). The average molecular weight is 357 g/mol. The second-order valence-corrected chi connectivity index (χ2v) is 5.23. The number of phenolic OH excluding ortho intramolecular Hbond substituents is 1. The minimum absolute atomic E-state index is 0.00501. The summed E-state index contributed by atoms with van der Waals surface area (Å²) >= 11 is 9.14. The van der Waals surface area contributed by atoms with E-state index in [1.54, 1.807) is 30.3 Å². The van der Waals surface area contributed by atoms with Crippen LogP contribution in [0.2, 0.25) is 5.02 Å². The number of benzene rings is 2. The zero-order chi connectivity index (χ0) is 14.7. The second-order valence-electron chi connectivity index (χ2n) is 3.97. The molecule has 0 aliphatic heterocycles. The number of carbonyl (C=O) groups is 1. The van der Waals surface area contributed by atoms with E-state index in [4.69, 9.17) is 16.3 Å². The first-order valence-corrected chi connectivity index (χ1v) is 6.82. The summed E-state index contributed by atoms with van der Waals surface area (Å²) in [7, 11) is 1.52. The lowest BCUT2D eigenvalue weighted by Crippen LogP contribution is -2.11. The molecule has 0 saturated heterocycles. The number of ether oxygens (including phenoxy) is 1. The van der Waals surface area contributed by atoms with E-state index in [9.17, 15) is 9.90 Å². The number of halogens is 2. The van der Waals surface area contributed by atoms with Crippen LogP contribution >= 0.6 is 27.5 Å². The fourth-order valence-corrected chi connectivity index (χ4v) is 2.11. The van der Waals surface area contributed by atoms with Gasteiger partial charge in [0.1, 0.15) is 11.5 Å². The molecule has 0 saturated carbocycles. The van der Waals surface area contributed by atoms with Gasteiger partial charge in [-0.15, -0.1) is 0 Å². The molecule has 2 N–H and O–H groups in total. The van der Waals surface area contributed by atoms with Gasteiger partial charge >= 0.3 is 0 Å². The van der Waals surface area contributed by atoms with E-state index in [-0.39, 0.29) is 11.7 Å². The molecule has 0 aliphatic rings. The number of hydrogen-bond donors (Lipinski definition) is 2. The first kappa shape index (κ1) is 14.7. The number of methoxy groups -OCH3 is 1. The minimum atomic E-state index is -0.339. The zero-order valence-corrected chi connectivity index (χ0v) is 12.8. The van der Waals surface area contributed by atoms with Crippen LogP contribution in [0.3, 0.4) is 0 Å². The monoisotopic (exact) mass is 355 g/mol. The normalized spacial score (nSPS) is 10.2. The number of aromatic hydroxyl groups is 1. The maximum atomic E-state index is 12.0. The predicted octanol–water partition coefficient (Wildman–Crippen LogP) is 4.07. The Balaban J connectivity index is 2.19. The smallest absolute Gasteiger partial charge is 0.255 e. The summed E-state index contributed by atoms with van der Waals surface area (Å²) in [5, 5.41) is 12.7. The SMILES string of the molecule is COc1ccc(NC(=O)c2ccc(Br)c(O)c2)cc1Cl. The van der Waals surface area contributed by atoms with Crippen LogP contribution in [0.4, 0.5) is 5.69 Å². The van der Waals surface area contributed by atoms with Gasteiger partial charge in [0.25, 0.3) is 5.91 Å². The first-order chi connectivity index (χ1) is 9.51. The van der Waals surface area contributed by atoms with Crippen LogP contribution in [-0.4, -0.2) is 18.1 Å². The quantitative estimate of drug-likeness (QED) is 0.871. The number of phenols is 1. The molecule has 0 radical (unpaired) electrons. The summed E-state index contributed by atoms with van der Waals surface area (Å²) in [5.41, 5.74) is 0.890. The van der Waals surface area contributed by atoms with E-state index >= 15 is 0 Å². The largest absolute Gasteiger partial charge is 0.507 e. The van der Waals surface area contributed by atoms with E-state index in [1.807, 2.05) is 0 Å². The van der Waals surface area contributed by atoms with Crippen molar-refractivity contribution in [3.8, 4) is 11.5 Å². The number of carbonyl (C=O) groups excluding carboxylic acids is 1. The number of nitrogens with one attached hydrogen (secondary N) is 1. The molecule has 1 amide bonds. The van der Waals surface area contributed by atoms with E-state index in [0.29, 0.717) is 26.5 Å². The molecule has 0 fully saturated rings. The molecule has 0 spiro atoms. The van der Waals surface area contributed by atoms with Gasteiger partial charge in [-0.3, -0.25) is 4.79 Å². The fourth-order valence-electron chi connectivity index (χ4n) is 1.60. The highest BCUT2D eigenvalue weighted by molar-refractivity contribution is 9.10. The molecule has 0 atom stereocenters. The molecule has 4 nitrogen and oxygen atoms in total. The Kier molecular flexibility index (Phi) is 4.52. The molecule has 2 rings (SSSR count). The highest BCUT2D eigenvalue weighted by atomic mass is 79.9. The molecule has 6 heteroatoms. The number of anilines is 1. The van der Waals surface area contributed by atoms with Gasteiger partial charge in [0, 0.05) is 11.3 Å². The van der Waals surface area contributed by atoms with Crippen molar-refractivity contribution < 1.29 is 14.6 Å². The molecule has 2 aromatic rings. The summed E-state index contributed by atoms with van der Waals surface area (Å²) in [4.78, 5) is 12.0. The lowest BCUT2D eigenvalue weighted by Gasteiger charge is -2.08. The van der Waals surface area contributed by atoms with Crippen LogP contribution in [0.1, 0.15) is 10.4 Å².